The van der Waals surface area contributed by atoms with Crippen LogP contribution in [0.4, 0.5) is 8.78 Å². The highest BCUT2D eigenvalue weighted by atomic mass is 19.2. The van der Waals surface area contributed by atoms with Gasteiger partial charge >= 0.3 is 0 Å². The first kappa shape index (κ1) is 11.7. The van der Waals surface area contributed by atoms with Gasteiger partial charge in [0.15, 0.2) is 11.6 Å². The summed E-state index contributed by atoms with van der Waals surface area (Å²) in [5.74, 6) is -3.03. The van der Waals surface area contributed by atoms with E-state index in [0.717, 1.165) is 6.07 Å². The second kappa shape index (κ2) is 4.89. The number of hydrogen-bond donors (Lipinski definition) is 2. The largest absolute Gasteiger partial charge is 0.505 e. The number of rotatable bonds is 4. The van der Waals surface area contributed by atoms with Gasteiger partial charge in [-0.2, -0.15) is 4.39 Å². The van der Waals surface area contributed by atoms with Crippen LogP contribution in [0.5, 0.6) is 5.75 Å². The smallest absolute Gasteiger partial charge is 0.200 e. The highest BCUT2D eigenvalue weighted by Gasteiger charge is 2.16. The third-order valence-corrected chi connectivity index (χ3v) is 2.18. The van der Waals surface area contributed by atoms with Crippen LogP contribution >= 0.6 is 0 Å². The van der Waals surface area contributed by atoms with Crippen molar-refractivity contribution in [3.8, 4) is 5.75 Å². The summed E-state index contributed by atoms with van der Waals surface area (Å²) in [7, 11) is 0. The second-order valence-corrected chi connectivity index (χ2v) is 3.27. The predicted octanol–water partition coefficient (Wildman–Crippen LogP) is 2.64. The molecule has 1 aromatic rings. The zero-order valence-corrected chi connectivity index (χ0v) is 8.21. The molecule has 0 spiro atoms. The zero-order chi connectivity index (χ0) is 11.4. The Labute approximate surface area is 87.0 Å². The molecule has 0 bridgehead atoms. The number of nitrogens with two attached hydrogens (primary N) is 1. The molecule has 0 unspecified atom stereocenters. The molecule has 1 aromatic carbocycles. The van der Waals surface area contributed by atoms with Gasteiger partial charge in [0.25, 0.3) is 0 Å². The summed E-state index contributed by atoms with van der Waals surface area (Å²) in [6.07, 6.45) is 2.86. The molecular weight excluding hydrogens is 200 g/mol. The van der Waals surface area contributed by atoms with Crippen molar-refractivity contribution in [3.05, 3.63) is 42.0 Å². The zero-order valence-electron chi connectivity index (χ0n) is 8.21. The molecular formula is C11H13F2NO. The molecule has 0 heterocycles. The Morgan fingerprint density at radius 2 is 2.13 bits per heavy atom. The number of phenolic OH excluding ortho intramolecular Hbond substituents is 1. The number of aromatic hydroxyl groups is 1. The van der Waals surface area contributed by atoms with Crippen LogP contribution in [0.2, 0.25) is 0 Å². The molecule has 0 aliphatic rings. The van der Waals surface area contributed by atoms with Crippen molar-refractivity contribution in [2.24, 2.45) is 5.73 Å². The van der Waals surface area contributed by atoms with Gasteiger partial charge in [-0.15, -0.1) is 6.58 Å². The van der Waals surface area contributed by atoms with Gasteiger partial charge in [-0.3, -0.25) is 0 Å². The molecule has 0 fully saturated rings. The van der Waals surface area contributed by atoms with Crippen molar-refractivity contribution < 1.29 is 13.9 Å². The second-order valence-electron chi connectivity index (χ2n) is 3.27. The number of benzene rings is 1. The highest BCUT2D eigenvalue weighted by molar-refractivity contribution is 5.36. The number of halogens is 2. The number of allylic oxidation sites excluding steroid dienone is 1. The summed E-state index contributed by atoms with van der Waals surface area (Å²) in [4.78, 5) is 0. The van der Waals surface area contributed by atoms with E-state index in [1.165, 1.54) is 6.07 Å². The quantitative estimate of drug-likeness (QED) is 0.755. The Morgan fingerprint density at radius 3 is 2.73 bits per heavy atom. The van der Waals surface area contributed by atoms with E-state index >= 15 is 0 Å². The van der Waals surface area contributed by atoms with Crippen LogP contribution < -0.4 is 5.73 Å². The van der Waals surface area contributed by atoms with E-state index in [-0.39, 0.29) is 5.56 Å². The van der Waals surface area contributed by atoms with E-state index < -0.39 is 23.4 Å². The van der Waals surface area contributed by atoms with Gasteiger partial charge < -0.3 is 10.8 Å². The summed E-state index contributed by atoms with van der Waals surface area (Å²) in [5.41, 5.74) is 5.92. The lowest BCUT2D eigenvalue weighted by molar-refractivity contribution is 0.396. The number of hydrogen-bond acceptors (Lipinski definition) is 2. The molecule has 4 heteroatoms. The monoisotopic (exact) mass is 213 g/mol. The van der Waals surface area contributed by atoms with Crippen LogP contribution in [0.25, 0.3) is 0 Å². The third kappa shape index (κ3) is 2.53. The van der Waals surface area contributed by atoms with E-state index in [9.17, 15) is 13.9 Å². The van der Waals surface area contributed by atoms with Crippen LogP contribution in [0.3, 0.4) is 0 Å². The third-order valence-electron chi connectivity index (χ3n) is 2.18. The number of phenols is 1. The van der Waals surface area contributed by atoms with Crippen molar-refractivity contribution in [1.29, 1.82) is 0 Å². The van der Waals surface area contributed by atoms with E-state index in [4.69, 9.17) is 5.73 Å². The van der Waals surface area contributed by atoms with E-state index in [0.29, 0.717) is 12.8 Å². The summed E-state index contributed by atoms with van der Waals surface area (Å²) in [5, 5.41) is 9.33. The first-order chi connectivity index (χ1) is 7.07. The van der Waals surface area contributed by atoms with Crippen molar-refractivity contribution >= 4 is 0 Å². The maximum Gasteiger partial charge on any atom is 0.200 e. The first-order valence-electron chi connectivity index (χ1n) is 4.61. The standard InChI is InChI=1S/C11H13F2NO/c1-2-3-4-9(14)7-5-6-8(12)10(13)11(7)15/h2,5-6,9,15H,1,3-4,14H2/t9-/m1/s1. The SMILES string of the molecule is C=CCC[C@@H](N)c1ccc(F)c(F)c1O. The fourth-order valence-electron chi connectivity index (χ4n) is 1.31. The van der Waals surface area contributed by atoms with Gasteiger partial charge in [0.1, 0.15) is 0 Å². The summed E-state index contributed by atoms with van der Waals surface area (Å²) >= 11 is 0. The van der Waals surface area contributed by atoms with E-state index in [1.807, 2.05) is 0 Å². The predicted molar refractivity (Wildman–Crippen MR) is 54.4 cm³/mol. The Hall–Kier alpha value is -1.42. The summed E-state index contributed by atoms with van der Waals surface area (Å²) < 4.78 is 25.7. The molecule has 0 aliphatic heterocycles. The van der Waals surface area contributed by atoms with E-state index in [1.54, 1.807) is 6.08 Å². The van der Waals surface area contributed by atoms with Crippen molar-refractivity contribution in [3.63, 3.8) is 0 Å². The normalized spacial score (nSPS) is 12.5. The van der Waals surface area contributed by atoms with Gasteiger partial charge in [-0.05, 0) is 18.9 Å². The average molecular weight is 213 g/mol. The molecule has 3 N–H and O–H groups in total. The summed E-state index contributed by atoms with van der Waals surface area (Å²) in [6.45, 7) is 3.53. The Kier molecular flexibility index (Phi) is 3.80. The molecule has 2 nitrogen and oxygen atoms in total. The van der Waals surface area contributed by atoms with Crippen molar-refractivity contribution in [2.45, 2.75) is 18.9 Å². The van der Waals surface area contributed by atoms with Crippen LogP contribution in [0.15, 0.2) is 24.8 Å². The maximum absolute atomic E-state index is 13.0. The van der Waals surface area contributed by atoms with Crippen LogP contribution in [0, 0.1) is 11.6 Å². The fourth-order valence-corrected chi connectivity index (χ4v) is 1.31. The highest BCUT2D eigenvalue weighted by Crippen LogP contribution is 2.29. The van der Waals surface area contributed by atoms with Crippen molar-refractivity contribution in [1.82, 2.24) is 0 Å². The maximum atomic E-state index is 13.0. The minimum atomic E-state index is -1.25. The lowest BCUT2D eigenvalue weighted by atomic mass is 10.0. The fraction of sp³-hybridized carbons (Fsp3) is 0.273. The van der Waals surface area contributed by atoms with Crippen LogP contribution in [-0.2, 0) is 0 Å². The molecule has 0 saturated heterocycles. The molecule has 1 rings (SSSR count). The van der Waals surface area contributed by atoms with Gasteiger partial charge in [-0.1, -0.05) is 12.1 Å². The summed E-state index contributed by atoms with van der Waals surface area (Å²) in [6, 6.07) is 1.73. The lowest BCUT2D eigenvalue weighted by Gasteiger charge is -2.13. The first-order valence-corrected chi connectivity index (χ1v) is 4.61. The molecule has 15 heavy (non-hydrogen) atoms. The van der Waals surface area contributed by atoms with Gasteiger partial charge in [0.05, 0.1) is 0 Å². The average Bonchev–Trinajstić information content (AvgIpc) is 2.23. The lowest BCUT2D eigenvalue weighted by Crippen LogP contribution is -2.10. The van der Waals surface area contributed by atoms with Gasteiger partial charge in [-0.25, -0.2) is 4.39 Å². The molecule has 0 saturated carbocycles. The molecule has 0 aromatic heterocycles. The Bertz CT molecular complexity index is 366. The minimum Gasteiger partial charge on any atom is -0.505 e. The van der Waals surface area contributed by atoms with Gasteiger partial charge in [0.2, 0.25) is 5.82 Å². The molecule has 82 valence electrons. The minimum absolute atomic E-state index is 0.218. The van der Waals surface area contributed by atoms with Gasteiger partial charge in [0, 0.05) is 11.6 Å². The topological polar surface area (TPSA) is 46.2 Å². The van der Waals surface area contributed by atoms with Crippen molar-refractivity contribution in [2.75, 3.05) is 0 Å². The van der Waals surface area contributed by atoms with E-state index in [2.05, 4.69) is 6.58 Å². The molecule has 0 radical (unpaired) electrons. The molecule has 0 amide bonds. The molecule has 0 aliphatic carbocycles. The van der Waals surface area contributed by atoms with Crippen LogP contribution in [0.1, 0.15) is 24.4 Å². The van der Waals surface area contributed by atoms with Crippen LogP contribution in [-0.4, -0.2) is 5.11 Å². The Balaban J connectivity index is 2.94. The Morgan fingerprint density at radius 1 is 1.47 bits per heavy atom. The molecule has 1 atom stereocenters.